The predicted octanol–water partition coefficient (Wildman–Crippen LogP) is 4.77. The highest BCUT2D eigenvalue weighted by Crippen LogP contribution is 2.34. The lowest BCUT2D eigenvalue weighted by Gasteiger charge is -2.37. The fraction of sp³-hybridized carbons (Fsp3) is 0.500. The van der Waals surface area contributed by atoms with Crippen LogP contribution in [0.5, 0.6) is 11.5 Å². The van der Waals surface area contributed by atoms with Crippen LogP contribution in [0.4, 0.5) is 5.82 Å². The van der Waals surface area contributed by atoms with Crippen molar-refractivity contribution in [1.29, 1.82) is 0 Å². The predicted molar refractivity (Wildman–Crippen MR) is 121 cm³/mol. The molecule has 0 unspecified atom stereocenters. The maximum Gasteiger partial charge on any atom is 0.158 e. The van der Waals surface area contributed by atoms with Crippen LogP contribution in [0.25, 0.3) is 16.9 Å². The van der Waals surface area contributed by atoms with Gasteiger partial charge in [0.25, 0.3) is 0 Å². The van der Waals surface area contributed by atoms with Gasteiger partial charge in [0.2, 0.25) is 0 Å². The van der Waals surface area contributed by atoms with Crippen molar-refractivity contribution >= 4 is 11.5 Å². The highest BCUT2D eigenvalue weighted by molar-refractivity contribution is 5.69. The molecule has 30 heavy (non-hydrogen) atoms. The number of ether oxygens (including phenoxy) is 2. The Bertz CT molecular complexity index is 1030. The molecule has 2 atom stereocenters. The Morgan fingerprint density at radius 1 is 1.00 bits per heavy atom. The molecule has 0 radical (unpaired) electrons. The number of nitrogens with zero attached hydrogens (tertiary/aromatic N) is 4. The number of hydrogen-bond donors (Lipinski definition) is 0. The van der Waals surface area contributed by atoms with Crippen LogP contribution < -0.4 is 14.4 Å². The van der Waals surface area contributed by atoms with Crippen molar-refractivity contribution in [3.05, 3.63) is 35.5 Å². The molecule has 160 valence electrons. The third kappa shape index (κ3) is 3.71. The van der Waals surface area contributed by atoms with E-state index in [4.69, 9.17) is 19.6 Å². The van der Waals surface area contributed by atoms with Gasteiger partial charge in [0, 0.05) is 42.0 Å². The summed E-state index contributed by atoms with van der Waals surface area (Å²) in [6, 6.07) is 7.91. The van der Waals surface area contributed by atoms with E-state index in [9.17, 15) is 0 Å². The van der Waals surface area contributed by atoms with Gasteiger partial charge in [0.05, 0.1) is 19.9 Å². The molecule has 0 N–H and O–H groups in total. The molecule has 4 rings (SSSR count). The van der Waals surface area contributed by atoms with Crippen LogP contribution in [0, 0.1) is 18.8 Å². The summed E-state index contributed by atoms with van der Waals surface area (Å²) < 4.78 is 12.9. The summed E-state index contributed by atoms with van der Waals surface area (Å²) in [7, 11) is 3.33. The fourth-order valence-electron chi connectivity index (χ4n) is 4.81. The molecule has 3 heterocycles. The lowest BCUT2D eigenvalue weighted by atomic mass is 9.91. The Labute approximate surface area is 178 Å². The van der Waals surface area contributed by atoms with E-state index in [2.05, 4.69) is 38.7 Å². The fourth-order valence-corrected chi connectivity index (χ4v) is 4.81. The van der Waals surface area contributed by atoms with E-state index in [0.29, 0.717) is 11.8 Å². The molecule has 0 amide bonds. The van der Waals surface area contributed by atoms with Gasteiger partial charge in [-0.2, -0.15) is 9.61 Å². The molecule has 1 saturated heterocycles. The number of anilines is 1. The second-order valence-corrected chi connectivity index (χ2v) is 8.60. The Balaban J connectivity index is 1.89. The minimum atomic E-state index is 0.666. The highest BCUT2D eigenvalue weighted by atomic mass is 16.5. The van der Waals surface area contributed by atoms with Crippen LogP contribution in [-0.4, -0.2) is 41.9 Å². The number of benzene rings is 1. The van der Waals surface area contributed by atoms with E-state index in [0.717, 1.165) is 53.6 Å². The van der Waals surface area contributed by atoms with Crippen molar-refractivity contribution in [3.8, 4) is 22.8 Å². The van der Waals surface area contributed by atoms with Gasteiger partial charge in [-0.3, -0.25) is 0 Å². The molecule has 0 aliphatic carbocycles. The van der Waals surface area contributed by atoms with Crippen LogP contribution in [0.1, 0.15) is 38.4 Å². The van der Waals surface area contributed by atoms with Crippen molar-refractivity contribution in [1.82, 2.24) is 14.6 Å². The first kappa shape index (κ1) is 20.5. The number of aromatic nitrogens is 3. The number of fused-ring (bicyclic) bond motifs is 1. The average molecular weight is 409 g/mol. The topological polar surface area (TPSA) is 51.9 Å². The molecule has 3 aromatic rings. The molecule has 0 bridgehead atoms. The number of piperidine rings is 1. The Morgan fingerprint density at radius 3 is 2.20 bits per heavy atom. The third-order valence-corrected chi connectivity index (χ3v) is 6.05. The maximum atomic E-state index is 5.45. The van der Waals surface area contributed by atoms with E-state index in [1.165, 1.54) is 17.8 Å². The van der Waals surface area contributed by atoms with Gasteiger partial charge in [-0.15, -0.1) is 0 Å². The maximum absolute atomic E-state index is 5.45. The van der Waals surface area contributed by atoms with Crippen molar-refractivity contribution in [2.45, 2.75) is 40.5 Å². The quantitative estimate of drug-likeness (QED) is 0.609. The summed E-state index contributed by atoms with van der Waals surface area (Å²) in [6.07, 6.45) is 2.21. The lowest BCUT2D eigenvalue weighted by molar-refractivity contribution is 0.353. The molecule has 1 aliphatic heterocycles. The van der Waals surface area contributed by atoms with Gasteiger partial charge in [-0.1, -0.05) is 20.8 Å². The summed E-state index contributed by atoms with van der Waals surface area (Å²) in [5.41, 5.74) is 5.06. The second-order valence-electron chi connectivity index (χ2n) is 8.60. The third-order valence-electron chi connectivity index (χ3n) is 6.05. The highest BCUT2D eigenvalue weighted by Gasteiger charge is 2.27. The van der Waals surface area contributed by atoms with Gasteiger partial charge in [-0.05, 0) is 43.7 Å². The van der Waals surface area contributed by atoms with E-state index < -0.39 is 0 Å². The number of aryl methyl sites for hydroxylation is 1. The Hall–Kier alpha value is -2.76. The minimum Gasteiger partial charge on any atom is -0.497 e. The summed E-state index contributed by atoms with van der Waals surface area (Å²) in [4.78, 5) is 7.40. The summed E-state index contributed by atoms with van der Waals surface area (Å²) in [6.45, 7) is 11.1. The zero-order valence-electron chi connectivity index (χ0n) is 18.9. The monoisotopic (exact) mass is 408 g/mol. The van der Waals surface area contributed by atoms with Crippen LogP contribution in [0.3, 0.4) is 0 Å². The first-order valence-corrected chi connectivity index (χ1v) is 10.8. The zero-order valence-corrected chi connectivity index (χ0v) is 18.9. The summed E-state index contributed by atoms with van der Waals surface area (Å²) in [5, 5.41) is 5.01. The van der Waals surface area contributed by atoms with Crippen LogP contribution >= 0.6 is 0 Å². The van der Waals surface area contributed by atoms with Gasteiger partial charge >= 0.3 is 0 Å². The molecule has 0 spiro atoms. The van der Waals surface area contributed by atoms with Gasteiger partial charge in [0.15, 0.2) is 5.65 Å². The van der Waals surface area contributed by atoms with Crippen molar-refractivity contribution < 1.29 is 9.47 Å². The molecule has 1 fully saturated rings. The first-order valence-electron chi connectivity index (χ1n) is 10.8. The standard InChI is InChI=1S/C24H32N4O2/c1-7-21-17(4)25-23-12-22(18-9-19(29-5)11-20(10-18)30-6)26-28(23)24(21)27-13-15(2)8-16(3)14-27/h9-12,15-16H,7-8,13-14H2,1-6H3/t15-,16-/m1/s1. The number of rotatable bonds is 5. The largest absolute Gasteiger partial charge is 0.497 e. The molecule has 1 aromatic carbocycles. The normalized spacial score (nSPS) is 19.3. The second kappa shape index (κ2) is 8.17. The minimum absolute atomic E-state index is 0.666. The molecular formula is C24H32N4O2. The van der Waals surface area contributed by atoms with E-state index in [1.807, 2.05) is 22.7 Å². The molecule has 2 aromatic heterocycles. The van der Waals surface area contributed by atoms with Crippen molar-refractivity contribution in [2.75, 3.05) is 32.2 Å². The molecule has 1 aliphatic rings. The van der Waals surface area contributed by atoms with Gasteiger partial charge in [0.1, 0.15) is 17.3 Å². The first-order chi connectivity index (χ1) is 14.4. The average Bonchev–Trinajstić information content (AvgIpc) is 3.14. The number of methoxy groups -OCH3 is 2. The van der Waals surface area contributed by atoms with Crippen LogP contribution in [0.2, 0.25) is 0 Å². The van der Waals surface area contributed by atoms with E-state index in [1.54, 1.807) is 14.2 Å². The lowest BCUT2D eigenvalue weighted by Crippen LogP contribution is -2.40. The van der Waals surface area contributed by atoms with Crippen LogP contribution in [0.15, 0.2) is 24.3 Å². The molecular weight excluding hydrogens is 376 g/mol. The van der Waals surface area contributed by atoms with Gasteiger partial charge < -0.3 is 14.4 Å². The SMILES string of the molecule is CCc1c(C)nc2cc(-c3cc(OC)cc(OC)c3)nn2c1N1C[C@H](C)C[C@@H](C)C1. The zero-order chi connectivity index (χ0) is 21.4. The van der Waals surface area contributed by atoms with Gasteiger partial charge in [-0.25, -0.2) is 4.98 Å². The smallest absolute Gasteiger partial charge is 0.158 e. The number of hydrogen-bond acceptors (Lipinski definition) is 5. The van der Waals surface area contributed by atoms with Crippen LogP contribution in [-0.2, 0) is 6.42 Å². The Morgan fingerprint density at radius 2 is 1.63 bits per heavy atom. The molecule has 6 nitrogen and oxygen atoms in total. The molecule has 0 saturated carbocycles. The van der Waals surface area contributed by atoms with Crippen molar-refractivity contribution in [2.24, 2.45) is 11.8 Å². The van der Waals surface area contributed by atoms with E-state index in [-0.39, 0.29) is 0 Å². The van der Waals surface area contributed by atoms with Crippen molar-refractivity contribution in [3.63, 3.8) is 0 Å². The summed E-state index contributed by atoms with van der Waals surface area (Å²) in [5.74, 6) is 4.02. The Kier molecular flexibility index (Phi) is 5.58. The van der Waals surface area contributed by atoms with E-state index >= 15 is 0 Å². The molecule has 6 heteroatoms. The summed E-state index contributed by atoms with van der Waals surface area (Å²) >= 11 is 0.